The summed E-state index contributed by atoms with van der Waals surface area (Å²) in [6.45, 7) is 5.51. The van der Waals surface area contributed by atoms with Gasteiger partial charge in [-0.1, -0.05) is 36.5 Å². The molecule has 2 N–H and O–H groups in total. The first-order valence-electron chi connectivity index (χ1n) is 8.76. The smallest absolute Gasteiger partial charge is 0.280 e. The lowest BCUT2D eigenvalue weighted by Crippen LogP contribution is -2.17. The summed E-state index contributed by atoms with van der Waals surface area (Å²) in [6, 6.07) is 10.3. The van der Waals surface area contributed by atoms with Crippen molar-refractivity contribution in [1.29, 1.82) is 0 Å². The second-order valence-electron chi connectivity index (χ2n) is 6.27. The van der Waals surface area contributed by atoms with Gasteiger partial charge in [-0.3, -0.25) is 4.79 Å². The number of benzene rings is 2. The molecule has 30 heavy (non-hydrogen) atoms. The van der Waals surface area contributed by atoms with Crippen LogP contribution in [0.5, 0.6) is 0 Å². The monoisotopic (exact) mass is 465 g/mol. The molecule has 0 aliphatic carbocycles. The molecule has 0 fully saturated rings. The van der Waals surface area contributed by atoms with E-state index in [1.807, 2.05) is 0 Å². The molecule has 0 aliphatic rings. The van der Waals surface area contributed by atoms with Crippen LogP contribution in [0.25, 0.3) is 10.2 Å². The Hall–Kier alpha value is -2.60. The zero-order valence-electron chi connectivity index (χ0n) is 16.0. The van der Waals surface area contributed by atoms with Crippen LogP contribution >= 0.6 is 11.3 Å². The number of nitrogens with zero attached hydrogens (tertiary/aromatic N) is 2. The van der Waals surface area contributed by atoms with Crippen LogP contribution in [-0.4, -0.2) is 33.1 Å². The molecule has 1 aromatic heterocycles. The van der Waals surface area contributed by atoms with Crippen molar-refractivity contribution in [2.45, 2.75) is 23.3 Å². The highest BCUT2D eigenvalue weighted by Crippen LogP contribution is 2.22. The third kappa shape index (κ3) is 4.29. The molecule has 0 bridgehead atoms. The maximum Gasteiger partial charge on any atom is 0.280 e. The number of hydrogen-bond acceptors (Lipinski definition) is 6. The van der Waals surface area contributed by atoms with Gasteiger partial charge in [-0.15, -0.1) is 6.58 Å². The van der Waals surface area contributed by atoms with E-state index in [0.29, 0.717) is 16.8 Å². The van der Waals surface area contributed by atoms with Crippen molar-refractivity contribution in [3.63, 3.8) is 0 Å². The zero-order chi connectivity index (χ0) is 22.1. The van der Waals surface area contributed by atoms with Gasteiger partial charge in [0.15, 0.2) is 14.6 Å². The predicted octanol–water partition coefficient (Wildman–Crippen LogP) is 2.07. The van der Waals surface area contributed by atoms with E-state index in [1.54, 1.807) is 28.8 Å². The second-order valence-corrected chi connectivity index (χ2v) is 11.1. The Morgan fingerprint density at radius 1 is 1.20 bits per heavy atom. The van der Waals surface area contributed by atoms with Crippen LogP contribution in [0.2, 0.25) is 0 Å². The number of sulfone groups is 1. The van der Waals surface area contributed by atoms with Crippen LogP contribution < -0.4 is 9.94 Å². The molecular formula is C19H19N3O5S3. The number of aromatic nitrogens is 1. The number of nitrogens with two attached hydrogens (primary N) is 1. The molecule has 3 rings (SSSR count). The molecule has 0 aliphatic heterocycles. The van der Waals surface area contributed by atoms with Crippen molar-refractivity contribution in [3.05, 3.63) is 65.5 Å². The molecule has 3 aromatic rings. The number of thiazole rings is 1. The number of carbonyl (C=O) groups excluding carboxylic acids is 1. The summed E-state index contributed by atoms with van der Waals surface area (Å²) < 4.78 is 50.2. The molecule has 0 radical (unpaired) electrons. The van der Waals surface area contributed by atoms with Gasteiger partial charge < -0.3 is 4.57 Å². The summed E-state index contributed by atoms with van der Waals surface area (Å²) in [5.74, 6) is -0.855. The summed E-state index contributed by atoms with van der Waals surface area (Å²) in [5.41, 5.74) is 0.625. The largest absolute Gasteiger partial charge is 0.312 e. The van der Waals surface area contributed by atoms with Crippen molar-refractivity contribution >= 4 is 47.3 Å². The average Bonchev–Trinajstić information content (AvgIpc) is 3.04. The summed E-state index contributed by atoms with van der Waals surface area (Å²) in [5, 5.41) is 5.20. The van der Waals surface area contributed by atoms with Gasteiger partial charge in [-0.2, -0.15) is 4.99 Å². The third-order valence-corrected chi connectivity index (χ3v) is 8.06. The fourth-order valence-electron chi connectivity index (χ4n) is 2.84. The summed E-state index contributed by atoms with van der Waals surface area (Å²) in [4.78, 5) is 17.2. The number of sulfonamides is 1. The molecule has 11 heteroatoms. The Balaban J connectivity index is 2.23. The molecule has 0 spiro atoms. The summed E-state index contributed by atoms with van der Waals surface area (Å²) in [7, 11) is -7.50. The fourth-order valence-corrected chi connectivity index (χ4v) is 5.62. The highest BCUT2D eigenvalue weighted by Gasteiger charge is 2.21. The average molecular weight is 466 g/mol. The fraction of sp³-hybridized carbons (Fsp3) is 0.158. The van der Waals surface area contributed by atoms with Gasteiger partial charge in [0.2, 0.25) is 10.0 Å². The Morgan fingerprint density at radius 3 is 2.53 bits per heavy atom. The van der Waals surface area contributed by atoms with Crippen molar-refractivity contribution in [2.24, 2.45) is 10.1 Å². The lowest BCUT2D eigenvalue weighted by molar-refractivity contribution is 0.0994. The van der Waals surface area contributed by atoms with E-state index in [1.165, 1.54) is 31.2 Å². The predicted molar refractivity (Wildman–Crippen MR) is 115 cm³/mol. The van der Waals surface area contributed by atoms with Crippen molar-refractivity contribution in [1.82, 2.24) is 4.57 Å². The van der Waals surface area contributed by atoms with Gasteiger partial charge in [-0.05, 0) is 30.3 Å². The number of primary sulfonamides is 1. The van der Waals surface area contributed by atoms with Gasteiger partial charge in [0, 0.05) is 6.54 Å². The van der Waals surface area contributed by atoms with E-state index in [9.17, 15) is 21.6 Å². The van der Waals surface area contributed by atoms with Gasteiger partial charge in [0.1, 0.15) is 0 Å². The number of carbonyl (C=O) groups is 1. The number of allylic oxidation sites excluding steroid dienone is 1. The molecule has 0 saturated carbocycles. The van der Waals surface area contributed by atoms with Crippen LogP contribution in [0.1, 0.15) is 17.3 Å². The van der Waals surface area contributed by atoms with Crippen molar-refractivity contribution in [2.75, 3.05) is 5.75 Å². The van der Waals surface area contributed by atoms with Crippen LogP contribution in [0.15, 0.2) is 69.9 Å². The first-order valence-corrected chi connectivity index (χ1v) is 12.8. The molecular weight excluding hydrogens is 446 g/mol. The minimum absolute atomic E-state index is 0.0211. The Bertz CT molecular complexity index is 1430. The third-order valence-electron chi connectivity index (χ3n) is 4.32. The summed E-state index contributed by atoms with van der Waals surface area (Å²) >= 11 is 1.09. The normalized spacial score (nSPS) is 12.9. The van der Waals surface area contributed by atoms with Gasteiger partial charge in [0.25, 0.3) is 5.91 Å². The van der Waals surface area contributed by atoms with E-state index in [4.69, 9.17) is 5.14 Å². The molecule has 0 saturated heterocycles. The van der Waals surface area contributed by atoms with Crippen molar-refractivity contribution < 1.29 is 21.6 Å². The van der Waals surface area contributed by atoms with E-state index in [0.717, 1.165) is 11.3 Å². The van der Waals surface area contributed by atoms with E-state index in [2.05, 4.69) is 11.6 Å². The number of fused-ring (bicyclic) bond motifs is 1. The first kappa shape index (κ1) is 22.1. The molecule has 158 valence electrons. The number of amides is 1. The van der Waals surface area contributed by atoms with Crippen LogP contribution in [0, 0.1) is 0 Å². The maximum atomic E-state index is 12.9. The first-order chi connectivity index (χ1) is 14.1. The van der Waals surface area contributed by atoms with Crippen LogP contribution in [-0.2, 0) is 26.4 Å². The van der Waals surface area contributed by atoms with Gasteiger partial charge >= 0.3 is 0 Å². The number of hydrogen-bond donors (Lipinski definition) is 1. The van der Waals surface area contributed by atoms with Crippen LogP contribution in [0.3, 0.4) is 0 Å². The Kier molecular flexibility index (Phi) is 6.09. The highest BCUT2D eigenvalue weighted by molar-refractivity contribution is 7.91. The lowest BCUT2D eigenvalue weighted by Gasteiger charge is -2.06. The van der Waals surface area contributed by atoms with Crippen molar-refractivity contribution in [3.8, 4) is 0 Å². The molecule has 1 heterocycles. The van der Waals surface area contributed by atoms with Crippen LogP contribution in [0.4, 0.5) is 0 Å². The zero-order valence-corrected chi connectivity index (χ0v) is 18.4. The maximum absolute atomic E-state index is 12.9. The number of rotatable bonds is 6. The highest BCUT2D eigenvalue weighted by atomic mass is 32.2. The molecule has 8 nitrogen and oxygen atoms in total. The molecule has 0 atom stereocenters. The van der Waals surface area contributed by atoms with E-state index < -0.39 is 25.8 Å². The topological polar surface area (TPSA) is 129 Å². The second kappa shape index (κ2) is 8.26. The minimum atomic E-state index is -3.89. The quantitative estimate of drug-likeness (QED) is 0.557. The lowest BCUT2D eigenvalue weighted by atomic mass is 10.2. The minimum Gasteiger partial charge on any atom is -0.312 e. The Morgan fingerprint density at radius 2 is 1.90 bits per heavy atom. The summed E-state index contributed by atoms with van der Waals surface area (Å²) in [6.07, 6.45) is 1.61. The SMILES string of the molecule is C=CCn1c(=NC(=O)c2ccccc2S(=O)(=O)CC)sc2cc(S(N)(=O)=O)ccc21. The molecule has 1 amide bonds. The van der Waals surface area contributed by atoms with Gasteiger partial charge in [0.05, 0.1) is 31.3 Å². The molecule has 0 unspecified atom stereocenters. The van der Waals surface area contributed by atoms with E-state index in [-0.39, 0.29) is 25.9 Å². The molecule has 2 aromatic carbocycles. The van der Waals surface area contributed by atoms with Gasteiger partial charge in [-0.25, -0.2) is 22.0 Å². The van der Waals surface area contributed by atoms with E-state index >= 15 is 0 Å². The Labute approximate surface area is 178 Å². The standard InChI is InChI=1S/C19H19N3O5S3/c1-3-11-22-15-10-9-13(30(20,26)27)12-16(15)28-19(22)21-18(23)14-7-5-6-8-17(14)29(24,25)4-2/h3,5-10,12H,1,4,11H2,2H3,(H2,20,26,27).